The Bertz CT molecular complexity index is 1170. The van der Waals surface area contributed by atoms with Crippen molar-refractivity contribution in [3.8, 4) is 11.6 Å². The molecule has 1 saturated heterocycles. The molecule has 2 N–H and O–H groups in total. The third kappa shape index (κ3) is 4.67. The van der Waals surface area contributed by atoms with E-state index in [1.807, 2.05) is 54.6 Å². The number of ether oxygens (including phenoxy) is 1. The first-order chi connectivity index (χ1) is 15.2. The van der Waals surface area contributed by atoms with Crippen molar-refractivity contribution < 1.29 is 9.53 Å². The molecule has 1 atom stereocenters. The van der Waals surface area contributed by atoms with E-state index < -0.39 is 0 Å². The third-order valence-corrected chi connectivity index (χ3v) is 6.27. The van der Waals surface area contributed by atoms with Crippen LogP contribution in [0.2, 0.25) is 0 Å². The van der Waals surface area contributed by atoms with Crippen LogP contribution in [0.15, 0.2) is 66.9 Å². The number of carbonyl (C=O) groups excluding carboxylic acids is 1. The summed E-state index contributed by atoms with van der Waals surface area (Å²) < 4.78 is 7.23. The van der Waals surface area contributed by atoms with Crippen LogP contribution in [0, 0.1) is 5.92 Å². The lowest BCUT2D eigenvalue weighted by Crippen LogP contribution is -2.34. The molecule has 0 aliphatic carbocycles. The number of hydrogen-bond donors (Lipinski definition) is 2. The minimum Gasteiger partial charge on any atom is -0.439 e. The van der Waals surface area contributed by atoms with Crippen LogP contribution in [-0.4, -0.2) is 22.4 Å². The van der Waals surface area contributed by atoms with Gasteiger partial charge in [0, 0.05) is 30.4 Å². The SMILES string of the molecule is O=C1CC(Cc2cccnc2Oc2ccc(Nc3nc4ccccc4s3)cc2)CCN1. The van der Waals surface area contributed by atoms with Crippen LogP contribution in [0.5, 0.6) is 11.6 Å². The lowest BCUT2D eigenvalue weighted by molar-refractivity contribution is -0.123. The van der Waals surface area contributed by atoms with E-state index in [2.05, 4.69) is 26.7 Å². The third-order valence-electron chi connectivity index (χ3n) is 5.32. The summed E-state index contributed by atoms with van der Waals surface area (Å²) in [5, 5.41) is 7.10. The van der Waals surface area contributed by atoms with Gasteiger partial charge >= 0.3 is 0 Å². The topological polar surface area (TPSA) is 76.1 Å². The van der Waals surface area contributed by atoms with Crippen molar-refractivity contribution in [3.05, 3.63) is 72.4 Å². The number of thiazole rings is 1. The van der Waals surface area contributed by atoms with Gasteiger partial charge in [-0.1, -0.05) is 29.5 Å². The zero-order chi connectivity index (χ0) is 21.0. The summed E-state index contributed by atoms with van der Waals surface area (Å²) in [6.45, 7) is 0.739. The van der Waals surface area contributed by atoms with Crippen LogP contribution in [0.3, 0.4) is 0 Å². The number of nitrogens with one attached hydrogen (secondary N) is 2. The maximum Gasteiger partial charge on any atom is 0.222 e. The van der Waals surface area contributed by atoms with Gasteiger partial charge in [-0.15, -0.1) is 0 Å². The maximum atomic E-state index is 11.7. The molecule has 1 fully saturated rings. The highest BCUT2D eigenvalue weighted by atomic mass is 32.1. The molecule has 7 heteroatoms. The molecule has 5 rings (SSSR count). The molecule has 2 aromatic heterocycles. The average Bonchev–Trinajstić information content (AvgIpc) is 3.19. The van der Waals surface area contributed by atoms with E-state index in [0.29, 0.717) is 18.2 Å². The highest BCUT2D eigenvalue weighted by molar-refractivity contribution is 7.22. The molecule has 156 valence electrons. The second kappa shape index (κ2) is 8.73. The van der Waals surface area contributed by atoms with E-state index >= 15 is 0 Å². The summed E-state index contributed by atoms with van der Waals surface area (Å²) in [6, 6.07) is 19.8. The number of carbonyl (C=O) groups is 1. The fourth-order valence-electron chi connectivity index (χ4n) is 3.78. The van der Waals surface area contributed by atoms with Gasteiger partial charge in [0.05, 0.1) is 10.2 Å². The van der Waals surface area contributed by atoms with Gasteiger partial charge in [-0.3, -0.25) is 4.79 Å². The molecule has 0 spiro atoms. The number of para-hydroxylation sites is 1. The Balaban J connectivity index is 1.27. The summed E-state index contributed by atoms with van der Waals surface area (Å²) in [5.74, 6) is 1.76. The van der Waals surface area contributed by atoms with Gasteiger partial charge in [-0.25, -0.2) is 9.97 Å². The predicted octanol–water partition coefficient (Wildman–Crippen LogP) is 5.30. The van der Waals surface area contributed by atoms with E-state index in [0.717, 1.165) is 51.7 Å². The van der Waals surface area contributed by atoms with Crippen molar-refractivity contribution in [2.45, 2.75) is 19.3 Å². The number of amides is 1. The van der Waals surface area contributed by atoms with Crippen molar-refractivity contribution in [1.82, 2.24) is 15.3 Å². The number of fused-ring (bicyclic) bond motifs is 1. The summed E-state index contributed by atoms with van der Waals surface area (Å²) in [6.07, 6.45) is 4.05. The standard InChI is InChI=1S/C24H22N4O2S/c29-22-15-16(11-13-25-22)14-17-4-3-12-26-23(17)30-19-9-7-18(8-10-19)27-24-28-20-5-1-2-6-21(20)31-24/h1-10,12,16H,11,13-15H2,(H,25,29)(H,27,28). The number of pyridine rings is 1. The Kier molecular flexibility index (Phi) is 5.50. The number of anilines is 2. The molecular weight excluding hydrogens is 408 g/mol. The molecule has 0 bridgehead atoms. The van der Waals surface area contributed by atoms with Crippen LogP contribution in [0.1, 0.15) is 18.4 Å². The van der Waals surface area contributed by atoms with Gasteiger partial charge in [-0.05, 0) is 61.2 Å². The molecule has 31 heavy (non-hydrogen) atoms. The summed E-state index contributed by atoms with van der Waals surface area (Å²) in [5.41, 5.74) is 2.97. The first kappa shape index (κ1) is 19.5. The number of hydrogen-bond acceptors (Lipinski definition) is 6. The van der Waals surface area contributed by atoms with Crippen molar-refractivity contribution in [3.63, 3.8) is 0 Å². The minimum atomic E-state index is 0.124. The Morgan fingerprint density at radius 2 is 1.97 bits per heavy atom. The highest BCUT2D eigenvalue weighted by Gasteiger charge is 2.21. The van der Waals surface area contributed by atoms with Gasteiger partial charge in [0.2, 0.25) is 11.8 Å². The van der Waals surface area contributed by atoms with Crippen LogP contribution in [0.4, 0.5) is 10.8 Å². The molecule has 1 aliphatic rings. The molecule has 4 aromatic rings. The van der Waals surface area contributed by atoms with Crippen LogP contribution in [-0.2, 0) is 11.2 Å². The molecule has 0 saturated carbocycles. The first-order valence-corrected chi connectivity index (χ1v) is 11.2. The zero-order valence-electron chi connectivity index (χ0n) is 16.9. The quantitative estimate of drug-likeness (QED) is 0.434. The Morgan fingerprint density at radius 3 is 2.81 bits per heavy atom. The second-order valence-corrected chi connectivity index (χ2v) is 8.65. The summed E-state index contributed by atoms with van der Waals surface area (Å²) in [7, 11) is 0. The van der Waals surface area contributed by atoms with E-state index in [1.54, 1.807) is 17.5 Å². The number of aromatic nitrogens is 2. The molecule has 3 heterocycles. The first-order valence-electron chi connectivity index (χ1n) is 10.3. The number of benzene rings is 2. The van der Waals surface area contributed by atoms with Crippen LogP contribution >= 0.6 is 11.3 Å². The molecular formula is C24H22N4O2S. The van der Waals surface area contributed by atoms with Crippen molar-refractivity contribution in [2.75, 3.05) is 11.9 Å². The summed E-state index contributed by atoms with van der Waals surface area (Å²) in [4.78, 5) is 20.7. The lowest BCUT2D eigenvalue weighted by Gasteiger charge is -2.22. The zero-order valence-corrected chi connectivity index (χ0v) is 17.7. The normalized spacial score (nSPS) is 16.1. The van der Waals surface area contributed by atoms with E-state index in [4.69, 9.17) is 4.74 Å². The lowest BCUT2D eigenvalue weighted by atomic mass is 9.91. The predicted molar refractivity (Wildman–Crippen MR) is 123 cm³/mol. The van der Waals surface area contributed by atoms with E-state index in [-0.39, 0.29) is 5.91 Å². The van der Waals surface area contributed by atoms with Crippen molar-refractivity contribution in [1.29, 1.82) is 0 Å². The van der Waals surface area contributed by atoms with Gasteiger partial charge in [0.15, 0.2) is 5.13 Å². The number of rotatable bonds is 6. The number of nitrogens with zero attached hydrogens (tertiary/aromatic N) is 2. The fraction of sp³-hybridized carbons (Fsp3) is 0.208. The van der Waals surface area contributed by atoms with Gasteiger partial charge in [0.25, 0.3) is 0 Å². The van der Waals surface area contributed by atoms with Crippen molar-refractivity contribution in [2.24, 2.45) is 5.92 Å². The fourth-order valence-corrected chi connectivity index (χ4v) is 4.66. The Labute approximate surface area is 184 Å². The van der Waals surface area contributed by atoms with Crippen LogP contribution in [0.25, 0.3) is 10.2 Å². The molecule has 1 amide bonds. The minimum absolute atomic E-state index is 0.124. The molecule has 0 radical (unpaired) electrons. The van der Waals surface area contributed by atoms with Gasteiger partial charge in [-0.2, -0.15) is 0 Å². The molecule has 2 aromatic carbocycles. The average molecular weight is 431 g/mol. The Hall–Kier alpha value is -3.45. The second-order valence-electron chi connectivity index (χ2n) is 7.62. The molecule has 6 nitrogen and oxygen atoms in total. The van der Waals surface area contributed by atoms with Crippen molar-refractivity contribution >= 4 is 38.3 Å². The molecule has 1 aliphatic heterocycles. The van der Waals surface area contributed by atoms with Gasteiger partial charge in [0.1, 0.15) is 5.75 Å². The number of piperidine rings is 1. The highest BCUT2D eigenvalue weighted by Crippen LogP contribution is 2.31. The largest absolute Gasteiger partial charge is 0.439 e. The van der Waals surface area contributed by atoms with E-state index in [1.165, 1.54) is 0 Å². The molecule has 1 unspecified atom stereocenters. The van der Waals surface area contributed by atoms with Gasteiger partial charge < -0.3 is 15.4 Å². The van der Waals surface area contributed by atoms with E-state index in [9.17, 15) is 4.79 Å². The maximum absolute atomic E-state index is 11.7. The monoisotopic (exact) mass is 430 g/mol. The van der Waals surface area contributed by atoms with Crippen LogP contribution < -0.4 is 15.4 Å². The smallest absolute Gasteiger partial charge is 0.222 e. The Morgan fingerprint density at radius 1 is 1.10 bits per heavy atom. The summed E-state index contributed by atoms with van der Waals surface area (Å²) >= 11 is 1.63.